The van der Waals surface area contributed by atoms with E-state index in [-0.39, 0.29) is 11.8 Å². The van der Waals surface area contributed by atoms with Gasteiger partial charge in [0.25, 0.3) is 0 Å². The molecule has 0 spiro atoms. The summed E-state index contributed by atoms with van der Waals surface area (Å²) in [6.07, 6.45) is 14.2. The minimum absolute atomic E-state index is 0.212. The number of hydrogen-bond acceptors (Lipinski definition) is 6. The summed E-state index contributed by atoms with van der Waals surface area (Å²) in [7, 11) is 0. The van der Waals surface area contributed by atoms with Crippen LogP contribution in [0.25, 0.3) is 11.0 Å². The standard InChI is InChI=1S/C25H36N8O/c1-18(2)31-13-8-22(9-14-31)33-17-21(16-28-33)29-25-27-15-20-7-12-32(23(20)30-25)11-4-10-26-24(34)19-5-3-6-19/h7,12,15-19,22H,3-6,8-11,13-14H2,1-2H3,(H,26,34)(H,27,29,30). The summed E-state index contributed by atoms with van der Waals surface area (Å²) < 4.78 is 4.21. The summed E-state index contributed by atoms with van der Waals surface area (Å²) >= 11 is 0. The van der Waals surface area contributed by atoms with E-state index in [1.165, 1.54) is 6.42 Å². The monoisotopic (exact) mass is 464 g/mol. The molecule has 3 aromatic heterocycles. The Morgan fingerprint density at radius 1 is 1.18 bits per heavy atom. The van der Waals surface area contributed by atoms with Crippen molar-refractivity contribution in [2.45, 2.75) is 71.0 Å². The van der Waals surface area contributed by atoms with Crippen LogP contribution >= 0.6 is 0 Å². The summed E-state index contributed by atoms with van der Waals surface area (Å²) in [6, 6.07) is 3.08. The maximum Gasteiger partial charge on any atom is 0.229 e. The second kappa shape index (κ2) is 10.1. The van der Waals surface area contributed by atoms with Crippen molar-refractivity contribution in [1.29, 1.82) is 0 Å². The van der Waals surface area contributed by atoms with Gasteiger partial charge in [-0.3, -0.25) is 9.48 Å². The lowest BCUT2D eigenvalue weighted by molar-refractivity contribution is -0.127. The fourth-order valence-electron chi connectivity index (χ4n) is 4.89. The van der Waals surface area contributed by atoms with Gasteiger partial charge in [-0.15, -0.1) is 0 Å². The lowest BCUT2D eigenvalue weighted by Gasteiger charge is -2.34. The molecule has 0 aromatic carbocycles. The Morgan fingerprint density at radius 3 is 2.74 bits per heavy atom. The van der Waals surface area contributed by atoms with Gasteiger partial charge in [0.1, 0.15) is 5.65 Å². The summed E-state index contributed by atoms with van der Waals surface area (Å²) in [5.74, 6) is 1.02. The number of amides is 1. The van der Waals surface area contributed by atoms with Crippen LogP contribution in [0.15, 0.2) is 30.9 Å². The van der Waals surface area contributed by atoms with Gasteiger partial charge in [0.05, 0.1) is 17.9 Å². The number of rotatable bonds is 9. The number of piperidine rings is 1. The first-order valence-electron chi connectivity index (χ1n) is 12.7. The fraction of sp³-hybridized carbons (Fsp3) is 0.600. The van der Waals surface area contributed by atoms with E-state index in [9.17, 15) is 4.79 Å². The highest BCUT2D eigenvalue weighted by molar-refractivity contribution is 5.79. The van der Waals surface area contributed by atoms with Crippen LogP contribution in [0, 0.1) is 5.92 Å². The Balaban J connectivity index is 1.17. The smallest absolute Gasteiger partial charge is 0.229 e. The molecule has 2 N–H and O–H groups in total. The Morgan fingerprint density at radius 2 is 2.00 bits per heavy atom. The van der Waals surface area contributed by atoms with E-state index in [0.717, 1.165) is 68.5 Å². The number of nitrogens with zero attached hydrogens (tertiary/aromatic N) is 6. The van der Waals surface area contributed by atoms with Crippen LogP contribution in [-0.2, 0) is 11.3 Å². The van der Waals surface area contributed by atoms with E-state index in [2.05, 4.69) is 54.9 Å². The number of aromatic nitrogens is 5. The molecule has 0 radical (unpaired) electrons. The summed E-state index contributed by atoms with van der Waals surface area (Å²) in [5, 5.41) is 12.0. The molecule has 0 atom stereocenters. The molecule has 0 bridgehead atoms. The number of nitrogens with one attached hydrogen (secondary N) is 2. The Labute approximate surface area is 200 Å². The van der Waals surface area contributed by atoms with Crippen LogP contribution in [0.2, 0.25) is 0 Å². The van der Waals surface area contributed by atoms with Gasteiger partial charge in [0, 0.05) is 62.1 Å². The summed E-state index contributed by atoms with van der Waals surface area (Å²) in [4.78, 5) is 23.8. The molecule has 1 saturated carbocycles. The van der Waals surface area contributed by atoms with Crippen molar-refractivity contribution < 1.29 is 4.79 Å². The molecule has 4 heterocycles. The van der Waals surface area contributed by atoms with E-state index in [1.54, 1.807) is 0 Å². The number of likely N-dealkylation sites (tertiary alicyclic amines) is 1. The molecule has 2 aliphatic rings. The van der Waals surface area contributed by atoms with Gasteiger partial charge in [-0.25, -0.2) is 4.98 Å². The molecular weight excluding hydrogens is 428 g/mol. The minimum Gasteiger partial charge on any atom is -0.356 e. The third-order valence-corrected chi connectivity index (χ3v) is 7.31. The van der Waals surface area contributed by atoms with Crippen LogP contribution in [0.1, 0.15) is 58.4 Å². The van der Waals surface area contributed by atoms with E-state index >= 15 is 0 Å². The van der Waals surface area contributed by atoms with Gasteiger partial charge in [-0.05, 0) is 52.0 Å². The summed E-state index contributed by atoms with van der Waals surface area (Å²) in [5.41, 5.74) is 1.80. The second-order valence-electron chi connectivity index (χ2n) is 9.95. The quantitative estimate of drug-likeness (QED) is 0.469. The lowest BCUT2D eigenvalue weighted by atomic mass is 9.85. The van der Waals surface area contributed by atoms with Crippen LogP contribution < -0.4 is 10.6 Å². The number of carbonyl (C=O) groups is 1. The fourth-order valence-corrected chi connectivity index (χ4v) is 4.89. The molecule has 0 unspecified atom stereocenters. The number of hydrogen-bond donors (Lipinski definition) is 2. The lowest BCUT2D eigenvalue weighted by Crippen LogP contribution is -2.39. The second-order valence-corrected chi connectivity index (χ2v) is 9.95. The van der Waals surface area contributed by atoms with Crippen molar-refractivity contribution in [1.82, 2.24) is 34.5 Å². The average molecular weight is 465 g/mol. The van der Waals surface area contributed by atoms with E-state index in [0.29, 0.717) is 24.6 Å². The zero-order valence-corrected chi connectivity index (χ0v) is 20.3. The molecule has 34 heavy (non-hydrogen) atoms. The molecule has 5 rings (SSSR count). The molecule has 1 aliphatic heterocycles. The van der Waals surface area contributed by atoms with Gasteiger partial charge in [-0.1, -0.05) is 6.42 Å². The van der Waals surface area contributed by atoms with Crippen molar-refractivity contribution in [2.24, 2.45) is 5.92 Å². The molecule has 3 aromatic rings. The molecule has 1 saturated heterocycles. The highest BCUT2D eigenvalue weighted by atomic mass is 16.1. The zero-order valence-electron chi connectivity index (χ0n) is 20.3. The van der Waals surface area contributed by atoms with Gasteiger partial charge in [0.2, 0.25) is 11.9 Å². The number of carbonyl (C=O) groups excluding carboxylic acids is 1. The maximum atomic E-state index is 12.0. The van der Waals surface area contributed by atoms with Gasteiger partial charge in [-0.2, -0.15) is 10.1 Å². The first kappa shape index (κ1) is 22.8. The van der Waals surface area contributed by atoms with E-state index in [1.807, 2.05) is 24.7 Å². The Kier molecular flexibility index (Phi) is 6.80. The van der Waals surface area contributed by atoms with Gasteiger partial charge < -0.3 is 20.1 Å². The van der Waals surface area contributed by atoms with Crippen molar-refractivity contribution in [3.05, 3.63) is 30.9 Å². The third kappa shape index (κ3) is 5.09. The number of aryl methyl sites for hydroxylation is 1. The van der Waals surface area contributed by atoms with Gasteiger partial charge >= 0.3 is 0 Å². The topological polar surface area (TPSA) is 92.9 Å². The molecule has 9 heteroatoms. The molecule has 1 amide bonds. The first-order chi connectivity index (χ1) is 16.6. The predicted octanol–water partition coefficient (Wildman–Crippen LogP) is 3.72. The molecule has 2 fully saturated rings. The highest BCUT2D eigenvalue weighted by Crippen LogP contribution is 2.26. The average Bonchev–Trinajstić information content (AvgIpc) is 3.43. The van der Waals surface area contributed by atoms with Crippen LogP contribution in [0.3, 0.4) is 0 Å². The normalized spacial score (nSPS) is 17.9. The predicted molar refractivity (Wildman–Crippen MR) is 133 cm³/mol. The van der Waals surface area contributed by atoms with Crippen molar-refractivity contribution in [3.8, 4) is 0 Å². The Hall–Kier alpha value is -2.94. The van der Waals surface area contributed by atoms with Crippen molar-refractivity contribution in [2.75, 3.05) is 25.0 Å². The molecule has 182 valence electrons. The largest absolute Gasteiger partial charge is 0.356 e. The summed E-state index contributed by atoms with van der Waals surface area (Å²) in [6.45, 7) is 8.26. The van der Waals surface area contributed by atoms with Crippen molar-refractivity contribution in [3.63, 3.8) is 0 Å². The molecule has 9 nitrogen and oxygen atoms in total. The minimum atomic E-state index is 0.212. The van der Waals surface area contributed by atoms with Crippen LogP contribution in [0.4, 0.5) is 11.6 Å². The third-order valence-electron chi connectivity index (χ3n) is 7.31. The van der Waals surface area contributed by atoms with Crippen molar-refractivity contribution >= 4 is 28.6 Å². The zero-order chi connectivity index (χ0) is 23.5. The highest BCUT2D eigenvalue weighted by Gasteiger charge is 2.24. The first-order valence-corrected chi connectivity index (χ1v) is 12.7. The SMILES string of the molecule is CC(C)N1CCC(n2cc(Nc3ncc4ccn(CCCNC(=O)C5CCC5)c4n3)cn2)CC1. The molecule has 1 aliphatic carbocycles. The van der Waals surface area contributed by atoms with Gasteiger partial charge in [0.15, 0.2) is 0 Å². The number of fused-ring (bicyclic) bond motifs is 1. The van der Waals surface area contributed by atoms with E-state index in [4.69, 9.17) is 4.98 Å². The molecular formula is C25H36N8O. The maximum absolute atomic E-state index is 12.0. The Bertz CT molecular complexity index is 1110. The van der Waals surface area contributed by atoms with E-state index < -0.39 is 0 Å². The van der Waals surface area contributed by atoms with Crippen LogP contribution in [-0.4, -0.2) is 60.8 Å². The number of anilines is 2. The van der Waals surface area contributed by atoms with Crippen LogP contribution in [0.5, 0.6) is 0 Å².